The van der Waals surface area contributed by atoms with E-state index >= 15 is 0 Å². The Morgan fingerprint density at radius 3 is 2.70 bits per heavy atom. The van der Waals surface area contributed by atoms with Crippen LogP contribution in [0, 0.1) is 11.8 Å². The Morgan fingerprint density at radius 2 is 2.07 bits per heavy atom. The first kappa shape index (κ1) is 20.9. The molecule has 1 saturated carbocycles. The minimum absolute atomic E-state index is 0.224. The third-order valence-electron chi connectivity index (χ3n) is 6.71. The molecule has 0 bridgehead atoms. The van der Waals surface area contributed by atoms with E-state index in [4.69, 9.17) is 9.29 Å². The summed E-state index contributed by atoms with van der Waals surface area (Å²) >= 11 is -2.02. The van der Waals surface area contributed by atoms with Crippen molar-refractivity contribution in [3.8, 4) is 0 Å². The highest BCUT2D eigenvalue weighted by Crippen LogP contribution is 2.63. The fourth-order valence-electron chi connectivity index (χ4n) is 4.89. The van der Waals surface area contributed by atoms with Gasteiger partial charge in [0.1, 0.15) is 0 Å². The first-order valence-corrected chi connectivity index (χ1v) is 11.3. The van der Waals surface area contributed by atoms with E-state index < -0.39 is 11.3 Å². The first-order chi connectivity index (χ1) is 13.0. The highest BCUT2D eigenvalue weighted by Gasteiger charge is 2.65. The van der Waals surface area contributed by atoms with E-state index in [1.807, 2.05) is 6.07 Å². The van der Waals surface area contributed by atoms with Gasteiger partial charge in [-0.05, 0) is 35.9 Å². The van der Waals surface area contributed by atoms with Crippen molar-refractivity contribution >= 4 is 11.3 Å². The number of piperidine rings is 1. The van der Waals surface area contributed by atoms with Gasteiger partial charge in [0.25, 0.3) is 0 Å². The van der Waals surface area contributed by atoms with Crippen molar-refractivity contribution in [1.82, 2.24) is 9.62 Å². The van der Waals surface area contributed by atoms with Crippen LogP contribution in [0.1, 0.15) is 56.8 Å². The number of hydrogen-bond acceptors (Lipinski definition) is 3. The number of fused-ring (bicyclic) bond motifs is 1. The Bertz CT molecular complexity index is 642. The predicted octanol–water partition coefficient (Wildman–Crippen LogP) is 3.50. The van der Waals surface area contributed by atoms with E-state index in [0.717, 1.165) is 17.4 Å². The lowest BCUT2D eigenvalue weighted by atomic mass is 9.90. The predicted molar refractivity (Wildman–Crippen MR) is 110 cm³/mol. The fraction of sp³-hybridized carbons (Fsp3) is 0.714. The van der Waals surface area contributed by atoms with Crippen LogP contribution in [-0.2, 0) is 21.4 Å². The van der Waals surface area contributed by atoms with Crippen LogP contribution in [0.25, 0.3) is 0 Å². The number of benzene rings is 1. The number of rotatable bonds is 11. The number of hydrogen-bond donors (Lipinski definition) is 2. The van der Waals surface area contributed by atoms with Crippen LogP contribution < -0.4 is 4.72 Å². The summed E-state index contributed by atoms with van der Waals surface area (Å²) in [5.74, 6) is 1.51. The molecule has 2 N–H and O–H groups in total. The average molecular weight is 395 g/mol. The monoisotopic (exact) mass is 394 g/mol. The summed E-state index contributed by atoms with van der Waals surface area (Å²) in [6, 6.07) is 8.60. The smallest absolute Gasteiger partial charge is 0.231 e. The molecular formula is C21H34N2O3S. The topological polar surface area (TPSA) is 61.8 Å². The minimum Gasteiger partial charge on any atom is -0.375 e. The van der Waals surface area contributed by atoms with Crippen LogP contribution in [0.4, 0.5) is 0 Å². The molecule has 4 atom stereocenters. The van der Waals surface area contributed by atoms with Gasteiger partial charge in [0, 0.05) is 32.2 Å². The lowest BCUT2D eigenvalue weighted by Crippen LogP contribution is -2.30. The van der Waals surface area contributed by atoms with Crippen LogP contribution in [0.5, 0.6) is 0 Å². The molecule has 1 aliphatic carbocycles. The SMILES string of the molecule is CCCCCCN1CC2C(C1)C2(C)c1cccc(C(CNS(=O)O)OC)c1. The molecule has 6 heteroatoms. The maximum Gasteiger partial charge on any atom is 0.231 e. The van der Waals surface area contributed by atoms with E-state index in [0.29, 0.717) is 6.54 Å². The van der Waals surface area contributed by atoms with Crippen LogP contribution >= 0.6 is 0 Å². The molecule has 4 unspecified atom stereocenters. The van der Waals surface area contributed by atoms with Crippen molar-refractivity contribution in [3.05, 3.63) is 35.4 Å². The number of unbranched alkanes of at least 4 members (excludes halogenated alkanes) is 3. The molecule has 1 aromatic rings. The minimum atomic E-state index is -2.02. The normalized spacial score (nSPS) is 29.5. The molecule has 5 nitrogen and oxygen atoms in total. The van der Waals surface area contributed by atoms with Gasteiger partial charge in [0.15, 0.2) is 0 Å². The first-order valence-electron chi connectivity index (χ1n) is 10.2. The zero-order chi connectivity index (χ0) is 19.4. The lowest BCUT2D eigenvalue weighted by molar-refractivity contribution is 0.107. The third-order valence-corrected chi connectivity index (χ3v) is 7.13. The van der Waals surface area contributed by atoms with E-state index in [-0.39, 0.29) is 11.5 Å². The molecule has 2 fully saturated rings. The van der Waals surface area contributed by atoms with Crippen molar-refractivity contribution in [2.75, 3.05) is 33.3 Å². The number of ether oxygens (including phenoxy) is 1. The number of nitrogens with zero attached hydrogens (tertiary/aromatic N) is 1. The Hall–Kier alpha value is -0.790. The summed E-state index contributed by atoms with van der Waals surface area (Å²) in [6.45, 7) is 8.67. The summed E-state index contributed by atoms with van der Waals surface area (Å²) in [5, 5.41) is 0. The van der Waals surface area contributed by atoms with Crippen molar-refractivity contribution in [2.24, 2.45) is 11.8 Å². The van der Waals surface area contributed by atoms with Gasteiger partial charge < -0.3 is 9.64 Å². The van der Waals surface area contributed by atoms with E-state index in [1.165, 1.54) is 50.9 Å². The molecule has 3 rings (SSSR count). The zero-order valence-corrected chi connectivity index (χ0v) is 17.6. The van der Waals surface area contributed by atoms with E-state index in [1.54, 1.807) is 7.11 Å². The number of nitrogens with one attached hydrogen (secondary N) is 1. The van der Waals surface area contributed by atoms with Gasteiger partial charge in [0.2, 0.25) is 11.3 Å². The Balaban J connectivity index is 1.59. The van der Waals surface area contributed by atoms with E-state index in [9.17, 15) is 4.21 Å². The zero-order valence-electron chi connectivity index (χ0n) is 16.8. The maximum absolute atomic E-state index is 10.9. The van der Waals surface area contributed by atoms with Crippen LogP contribution in [-0.4, -0.2) is 47.0 Å². The van der Waals surface area contributed by atoms with Gasteiger partial charge >= 0.3 is 0 Å². The van der Waals surface area contributed by atoms with Gasteiger partial charge in [0.05, 0.1) is 6.10 Å². The molecule has 1 aromatic carbocycles. The van der Waals surface area contributed by atoms with Crippen LogP contribution in [0.15, 0.2) is 24.3 Å². The molecule has 2 aliphatic rings. The van der Waals surface area contributed by atoms with E-state index in [2.05, 4.69) is 41.7 Å². The van der Waals surface area contributed by atoms with Gasteiger partial charge in [-0.25, -0.2) is 8.93 Å². The lowest BCUT2D eigenvalue weighted by Gasteiger charge is -2.25. The highest BCUT2D eigenvalue weighted by atomic mass is 32.2. The molecule has 1 aliphatic heterocycles. The largest absolute Gasteiger partial charge is 0.375 e. The Morgan fingerprint density at radius 1 is 1.33 bits per heavy atom. The fourth-order valence-corrected chi connectivity index (χ4v) is 5.19. The number of likely N-dealkylation sites (tertiary alicyclic amines) is 1. The van der Waals surface area contributed by atoms with Gasteiger partial charge in [-0.15, -0.1) is 0 Å². The summed E-state index contributed by atoms with van der Waals surface area (Å²) < 4.78 is 27.9. The second-order valence-electron chi connectivity index (χ2n) is 8.26. The van der Waals surface area contributed by atoms with Crippen molar-refractivity contribution < 1.29 is 13.5 Å². The maximum atomic E-state index is 10.9. The third kappa shape index (κ3) is 4.62. The second kappa shape index (κ2) is 9.14. The van der Waals surface area contributed by atoms with Gasteiger partial charge in [-0.2, -0.15) is 0 Å². The molecule has 1 saturated heterocycles. The highest BCUT2D eigenvalue weighted by molar-refractivity contribution is 7.77. The molecule has 1 heterocycles. The standard InChI is InChI=1S/C21H34N2O3S/c1-4-5-6-7-11-23-14-18-19(15-23)21(18,2)17-10-8-9-16(12-17)20(26-3)13-22-27(24)25/h8-10,12,18-20,22H,4-7,11,13-15H2,1-3H3,(H,24,25). The van der Waals surface area contributed by atoms with Gasteiger partial charge in [-0.3, -0.25) is 4.55 Å². The summed E-state index contributed by atoms with van der Waals surface area (Å²) in [4.78, 5) is 2.65. The van der Waals surface area contributed by atoms with Crippen molar-refractivity contribution in [2.45, 2.75) is 51.0 Å². The summed E-state index contributed by atoms with van der Waals surface area (Å²) in [7, 11) is 1.64. The number of methoxy groups -OCH3 is 1. The summed E-state index contributed by atoms with van der Waals surface area (Å²) in [6.07, 6.45) is 5.11. The second-order valence-corrected chi connectivity index (χ2v) is 9.05. The van der Waals surface area contributed by atoms with Crippen molar-refractivity contribution in [1.29, 1.82) is 0 Å². The Labute approximate surface area is 166 Å². The average Bonchev–Trinajstić information content (AvgIpc) is 3.02. The summed E-state index contributed by atoms with van der Waals surface area (Å²) in [5.41, 5.74) is 2.71. The molecule has 152 valence electrons. The molecule has 0 spiro atoms. The molecule has 0 aromatic heterocycles. The van der Waals surface area contributed by atoms with Crippen LogP contribution in [0.3, 0.4) is 0 Å². The molecule has 27 heavy (non-hydrogen) atoms. The quantitative estimate of drug-likeness (QED) is 0.445. The molecule has 0 radical (unpaired) electrons. The molecular weight excluding hydrogens is 360 g/mol. The Kier molecular flexibility index (Phi) is 7.08. The van der Waals surface area contributed by atoms with Crippen molar-refractivity contribution in [3.63, 3.8) is 0 Å². The van der Waals surface area contributed by atoms with Crippen LogP contribution in [0.2, 0.25) is 0 Å². The molecule has 0 amide bonds. The van der Waals surface area contributed by atoms with Gasteiger partial charge in [-0.1, -0.05) is 57.4 Å².